The van der Waals surface area contributed by atoms with Crippen molar-refractivity contribution < 1.29 is 0 Å². The number of aromatic nitrogens is 1. The number of anilines is 1. The monoisotopic (exact) mass is 298 g/mol. The molecule has 0 bridgehead atoms. The highest BCUT2D eigenvalue weighted by molar-refractivity contribution is 7.15. The molecular formula is C15H30N4S. The van der Waals surface area contributed by atoms with E-state index in [4.69, 9.17) is 4.98 Å². The third-order valence-corrected chi connectivity index (χ3v) is 4.42. The normalized spacial score (nSPS) is 11.6. The lowest BCUT2D eigenvalue weighted by Gasteiger charge is -2.17. The maximum absolute atomic E-state index is 4.70. The predicted octanol–water partition coefficient (Wildman–Crippen LogP) is 2.59. The molecule has 0 unspecified atom stereocenters. The molecule has 0 atom stereocenters. The van der Waals surface area contributed by atoms with Gasteiger partial charge in [-0.05, 0) is 46.4 Å². The molecule has 0 aromatic carbocycles. The third kappa shape index (κ3) is 6.20. The van der Waals surface area contributed by atoms with Crippen LogP contribution in [0.25, 0.3) is 0 Å². The molecule has 1 rings (SSSR count). The molecule has 116 valence electrons. The van der Waals surface area contributed by atoms with Gasteiger partial charge in [0.2, 0.25) is 0 Å². The Hall–Kier alpha value is -0.650. The van der Waals surface area contributed by atoms with Crippen molar-refractivity contribution in [3.05, 3.63) is 10.6 Å². The number of rotatable bonds is 9. The van der Waals surface area contributed by atoms with Gasteiger partial charge >= 0.3 is 0 Å². The SMILES string of the molecule is Cc1nc(N(C)CCCN(C)C)sc1CNCC(C)C. The molecule has 0 aliphatic rings. The van der Waals surface area contributed by atoms with Gasteiger partial charge < -0.3 is 15.1 Å². The van der Waals surface area contributed by atoms with Crippen LogP contribution in [0.1, 0.15) is 30.8 Å². The van der Waals surface area contributed by atoms with Gasteiger partial charge in [-0.2, -0.15) is 0 Å². The Balaban J connectivity index is 2.46. The predicted molar refractivity (Wildman–Crippen MR) is 89.8 cm³/mol. The minimum atomic E-state index is 0.691. The second-order valence-electron chi connectivity index (χ2n) is 6.11. The fraction of sp³-hybridized carbons (Fsp3) is 0.800. The van der Waals surface area contributed by atoms with E-state index in [9.17, 15) is 0 Å². The number of thiazole rings is 1. The van der Waals surface area contributed by atoms with Gasteiger partial charge in [-0.25, -0.2) is 4.98 Å². The average Bonchev–Trinajstić information content (AvgIpc) is 2.70. The van der Waals surface area contributed by atoms with Crippen molar-refractivity contribution >= 4 is 16.5 Å². The molecule has 1 aromatic heterocycles. The third-order valence-electron chi connectivity index (χ3n) is 3.14. The van der Waals surface area contributed by atoms with Crippen LogP contribution < -0.4 is 10.2 Å². The summed E-state index contributed by atoms with van der Waals surface area (Å²) < 4.78 is 0. The molecule has 0 radical (unpaired) electrons. The summed E-state index contributed by atoms with van der Waals surface area (Å²) in [5, 5.41) is 4.64. The zero-order chi connectivity index (χ0) is 15.1. The maximum Gasteiger partial charge on any atom is 0.185 e. The molecule has 0 saturated heterocycles. The average molecular weight is 298 g/mol. The highest BCUT2D eigenvalue weighted by Crippen LogP contribution is 2.25. The second kappa shape index (κ2) is 8.60. The molecule has 4 nitrogen and oxygen atoms in total. The number of hydrogen-bond acceptors (Lipinski definition) is 5. The van der Waals surface area contributed by atoms with Crippen molar-refractivity contribution in [3.63, 3.8) is 0 Å². The van der Waals surface area contributed by atoms with Crippen molar-refractivity contribution in [3.8, 4) is 0 Å². The van der Waals surface area contributed by atoms with Crippen LogP contribution in [0.15, 0.2) is 0 Å². The van der Waals surface area contributed by atoms with Gasteiger partial charge in [-0.1, -0.05) is 13.8 Å². The molecule has 5 heteroatoms. The van der Waals surface area contributed by atoms with Crippen LogP contribution >= 0.6 is 11.3 Å². The van der Waals surface area contributed by atoms with E-state index < -0.39 is 0 Å². The summed E-state index contributed by atoms with van der Waals surface area (Å²) in [6.07, 6.45) is 1.17. The van der Waals surface area contributed by atoms with Crippen LogP contribution in [0.4, 0.5) is 5.13 Å². The van der Waals surface area contributed by atoms with E-state index in [2.05, 4.69) is 57.0 Å². The van der Waals surface area contributed by atoms with E-state index in [0.29, 0.717) is 5.92 Å². The van der Waals surface area contributed by atoms with E-state index in [1.165, 1.54) is 17.0 Å². The first kappa shape index (κ1) is 17.4. The Labute approximate surface area is 128 Å². The van der Waals surface area contributed by atoms with Crippen molar-refractivity contribution in [2.45, 2.75) is 33.7 Å². The van der Waals surface area contributed by atoms with E-state index >= 15 is 0 Å². The summed E-state index contributed by atoms with van der Waals surface area (Å²) >= 11 is 1.82. The molecule has 0 fully saturated rings. The minimum Gasteiger partial charge on any atom is -0.351 e. The van der Waals surface area contributed by atoms with Gasteiger partial charge in [0.25, 0.3) is 0 Å². The lowest BCUT2D eigenvalue weighted by molar-refractivity contribution is 0.401. The Morgan fingerprint density at radius 3 is 2.50 bits per heavy atom. The molecular weight excluding hydrogens is 268 g/mol. The summed E-state index contributed by atoms with van der Waals surface area (Å²) in [6, 6.07) is 0. The van der Waals surface area contributed by atoms with E-state index in [0.717, 1.165) is 31.3 Å². The summed E-state index contributed by atoms with van der Waals surface area (Å²) in [7, 11) is 6.37. The Morgan fingerprint density at radius 2 is 1.90 bits per heavy atom. The van der Waals surface area contributed by atoms with E-state index in [1.54, 1.807) is 0 Å². The second-order valence-corrected chi connectivity index (χ2v) is 7.17. The van der Waals surface area contributed by atoms with Gasteiger partial charge in [-0.15, -0.1) is 11.3 Å². The molecule has 1 aromatic rings. The standard InChI is InChI=1S/C15H30N4S/c1-12(2)10-16-11-14-13(3)17-15(20-14)19(6)9-7-8-18(4)5/h12,16H,7-11H2,1-6H3. The first-order chi connectivity index (χ1) is 9.40. The van der Waals surface area contributed by atoms with Gasteiger partial charge in [-0.3, -0.25) is 0 Å². The molecule has 0 aliphatic heterocycles. The van der Waals surface area contributed by atoms with Crippen LogP contribution in [0, 0.1) is 12.8 Å². The summed E-state index contributed by atoms with van der Waals surface area (Å²) in [5.74, 6) is 0.691. The lowest BCUT2D eigenvalue weighted by atomic mass is 10.2. The highest BCUT2D eigenvalue weighted by Gasteiger charge is 2.11. The minimum absolute atomic E-state index is 0.691. The van der Waals surface area contributed by atoms with Gasteiger partial charge in [0.15, 0.2) is 5.13 Å². The van der Waals surface area contributed by atoms with Crippen molar-refractivity contribution in [2.75, 3.05) is 45.7 Å². The van der Waals surface area contributed by atoms with Crippen LogP contribution in [-0.2, 0) is 6.54 Å². The van der Waals surface area contributed by atoms with Crippen LogP contribution in [0.3, 0.4) is 0 Å². The number of aryl methyl sites for hydroxylation is 1. The number of nitrogens with zero attached hydrogens (tertiary/aromatic N) is 3. The topological polar surface area (TPSA) is 31.4 Å². The van der Waals surface area contributed by atoms with Crippen molar-refractivity contribution in [1.82, 2.24) is 15.2 Å². The quantitative estimate of drug-likeness (QED) is 0.759. The molecule has 0 spiro atoms. The van der Waals surface area contributed by atoms with Crippen molar-refractivity contribution in [1.29, 1.82) is 0 Å². The van der Waals surface area contributed by atoms with E-state index in [-0.39, 0.29) is 0 Å². The van der Waals surface area contributed by atoms with Gasteiger partial charge in [0.1, 0.15) is 0 Å². The van der Waals surface area contributed by atoms with Gasteiger partial charge in [0, 0.05) is 25.0 Å². The van der Waals surface area contributed by atoms with Gasteiger partial charge in [0.05, 0.1) is 5.69 Å². The Bertz CT molecular complexity index is 387. The van der Waals surface area contributed by atoms with E-state index in [1.807, 2.05) is 11.3 Å². The number of nitrogens with one attached hydrogen (secondary N) is 1. The van der Waals surface area contributed by atoms with Crippen LogP contribution in [0.2, 0.25) is 0 Å². The molecule has 1 heterocycles. The van der Waals surface area contributed by atoms with Crippen LogP contribution in [0.5, 0.6) is 0 Å². The number of hydrogen-bond donors (Lipinski definition) is 1. The molecule has 0 amide bonds. The first-order valence-electron chi connectivity index (χ1n) is 7.43. The maximum atomic E-state index is 4.70. The largest absolute Gasteiger partial charge is 0.351 e. The summed E-state index contributed by atoms with van der Waals surface area (Å²) in [5.41, 5.74) is 1.17. The first-order valence-corrected chi connectivity index (χ1v) is 8.24. The fourth-order valence-electron chi connectivity index (χ4n) is 1.93. The zero-order valence-corrected chi connectivity index (χ0v) is 14.7. The molecule has 20 heavy (non-hydrogen) atoms. The summed E-state index contributed by atoms with van der Waals surface area (Å²) in [4.78, 5) is 10.6. The fourth-order valence-corrected chi connectivity index (χ4v) is 2.95. The van der Waals surface area contributed by atoms with Crippen molar-refractivity contribution in [2.24, 2.45) is 5.92 Å². The molecule has 0 aliphatic carbocycles. The smallest absolute Gasteiger partial charge is 0.185 e. The zero-order valence-electron chi connectivity index (χ0n) is 13.9. The lowest BCUT2D eigenvalue weighted by Crippen LogP contribution is -2.23. The molecule has 0 saturated carbocycles. The molecule has 1 N–H and O–H groups in total. The van der Waals surface area contributed by atoms with Crippen LogP contribution in [-0.4, -0.2) is 50.7 Å². The highest BCUT2D eigenvalue weighted by atomic mass is 32.1. The Morgan fingerprint density at radius 1 is 1.20 bits per heavy atom. The Kier molecular flexibility index (Phi) is 7.48. The summed E-state index contributed by atoms with van der Waals surface area (Å²) in [6.45, 7) is 10.8.